The molecule has 88 valence electrons. The molecule has 1 fully saturated rings. The van der Waals surface area contributed by atoms with Gasteiger partial charge in [0.05, 0.1) is 0 Å². The summed E-state index contributed by atoms with van der Waals surface area (Å²) in [6, 6.07) is 7.91. The molecule has 16 heavy (non-hydrogen) atoms. The van der Waals surface area contributed by atoms with Crippen LogP contribution in [0.15, 0.2) is 24.3 Å². The van der Waals surface area contributed by atoms with E-state index in [-0.39, 0.29) is 11.3 Å². The van der Waals surface area contributed by atoms with E-state index >= 15 is 0 Å². The van der Waals surface area contributed by atoms with E-state index in [1.54, 1.807) is 0 Å². The molecule has 0 radical (unpaired) electrons. The third kappa shape index (κ3) is 2.65. The highest BCUT2D eigenvalue weighted by atomic mass is 35.5. The van der Waals surface area contributed by atoms with Gasteiger partial charge in [-0.25, -0.2) is 0 Å². The molecule has 1 saturated heterocycles. The van der Waals surface area contributed by atoms with Crippen molar-refractivity contribution in [2.45, 2.75) is 24.6 Å². The van der Waals surface area contributed by atoms with Crippen molar-refractivity contribution in [3.8, 4) is 0 Å². The maximum Gasteiger partial charge on any atom is 0.0454 e. The van der Waals surface area contributed by atoms with Crippen molar-refractivity contribution in [2.24, 2.45) is 0 Å². The number of hydrogen-bond donors (Lipinski definition) is 1. The Morgan fingerprint density at radius 1 is 1.44 bits per heavy atom. The molecule has 4 heteroatoms. The summed E-state index contributed by atoms with van der Waals surface area (Å²) in [5.41, 5.74) is 1.06. The molecule has 0 amide bonds. The fourth-order valence-electron chi connectivity index (χ4n) is 1.94. The van der Waals surface area contributed by atoms with E-state index in [4.69, 9.17) is 11.6 Å². The van der Waals surface area contributed by atoms with E-state index in [1.807, 2.05) is 31.2 Å². The molecule has 0 aromatic heterocycles. The lowest BCUT2D eigenvalue weighted by Gasteiger charge is -2.16. The van der Waals surface area contributed by atoms with Crippen LogP contribution in [0.3, 0.4) is 0 Å². The fourth-order valence-corrected chi connectivity index (χ4v) is 3.54. The molecule has 1 aliphatic heterocycles. The highest BCUT2D eigenvalue weighted by Gasteiger charge is 2.23. The molecule has 1 N–H and O–H groups in total. The van der Waals surface area contributed by atoms with E-state index in [0.29, 0.717) is 5.75 Å². The van der Waals surface area contributed by atoms with Crippen molar-refractivity contribution in [3.05, 3.63) is 34.9 Å². The van der Waals surface area contributed by atoms with E-state index in [2.05, 4.69) is 5.32 Å². The van der Waals surface area contributed by atoms with E-state index in [9.17, 15) is 4.21 Å². The molecule has 3 atom stereocenters. The van der Waals surface area contributed by atoms with Crippen LogP contribution in [0.25, 0.3) is 0 Å². The zero-order chi connectivity index (χ0) is 11.5. The average Bonchev–Trinajstić information content (AvgIpc) is 2.43. The maximum absolute atomic E-state index is 11.9. The Morgan fingerprint density at radius 3 is 2.94 bits per heavy atom. The van der Waals surface area contributed by atoms with Gasteiger partial charge in [0, 0.05) is 32.9 Å². The number of nitrogens with one attached hydrogen (secondary N) is 1. The second kappa shape index (κ2) is 5.30. The van der Waals surface area contributed by atoms with Crippen molar-refractivity contribution in [3.63, 3.8) is 0 Å². The Kier molecular flexibility index (Phi) is 4.00. The van der Waals surface area contributed by atoms with Crippen molar-refractivity contribution < 1.29 is 4.21 Å². The van der Waals surface area contributed by atoms with Crippen molar-refractivity contribution in [1.29, 1.82) is 0 Å². The van der Waals surface area contributed by atoms with Gasteiger partial charge >= 0.3 is 0 Å². The highest BCUT2D eigenvalue weighted by molar-refractivity contribution is 7.85. The molecular weight excluding hydrogens is 242 g/mol. The van der Waals surface area contributed by atoms with Crippen LogP contribution in [-0.4, -0.2) is 21.8 Å². The predicted molar refractivity (Wildman–Crippen MR) is 69.3 cm³/mol. The lowest BCUT2D eigenvalue weighted by atomic mass is 10.1. The minimum Gasteiger partial charge on any atom is -0.309 e. The first kappa shape index (κ1) is 12.1. The SMILES string of the molecule is CC1CCNC(c2ccccc2Cl)CS1=O. The number of rotatable bonds is 1. The standard InChI is InChI=1S/C12H16ClNOS/c1-9-6-7-14-12(8-16(9)15)10-4-2-3-5-11(10)13/h2-5,9,12,14H,6-8H2,1H3. The average molecular weight is 258 g/mol. The number of halogens is 1. The van der Waals surface area contributed by atoms with Crippen molar-refractivity contribution in [1.82, 2.24) is 5.32 Å². The second-order valence-electron chi connectivity index (χ2n) is 4.17. The van der Waals surface area contributed by atoms with Crippen LogP contribution >= 0.6 is 11.6 Å². The third-order valence-electron chi connectivity index (χ3n) is 3.00. The lowest BCUT2D eigenvalue weighted by Crippen LogP contribution is -2.24. The van der Waals surface area contributed by atoms with Gasteiger partial charge in [0.25, 0.3) is 0 Å². The normalized spacial score (nSPS) is 31.0. The minimum absolute atomic E-state index is 0.125. The largest absolute Gasteiger partial charge is 0.309 e. The first-order valence-electron chi connectivity index (χ1n) is 5.53. The molecule has 2 rings (SSSR count). The van der Waals surface area contributed by atoms with Crippen LogP contribution in [0.4, 0.5) is 0 Å². The molecule has 2 nitrogen and oxygen atoms in total. The molecule has 0 saturated carbocycles. The number of hydrogen-bond acceptors (Lipinski definition) is 2. The van der Waals surface area contributed by atoms with Crippen molar-refractivity contribution in [2.75, 3.05) is 12.3 Å². The van der Waals surface area contributed by atoms with Crippen LogP contribution in [0, 0.1) is 0 Å². The fraction of sp³-hybridized carbons (Fsp3) is 0.500. The third-order valence-corrected chi connectivity index (χ3v) is 5.14. The van der Waals surface area contributed by atoms with Crippen LogP contribution in [0.1, 0.15) is 24.9 Å². The molecule has 3 unspecified atom stereocenters. The summed E-state index contributed by atoms with van der Waals surface area (Å²) in [4.78, 5) is 0. The molecule has 0 aliphatic carbocycles. The Bertz CT molecular complexity index is 396. The van der Waals surface area contributed by atoms with Gasteiger partial charge in [-0.2, -0.15) is 0 Å². The van der Waals surface area contributed by atoms with Crippen LogP contribution < -0.4 is 5.32 Å². The molecule has 1 heterocycles. The number of benzene rings is 1. The Labute approximate surface area is 104 Å². The molecule has 0 spiro atoms. The summed E-state index contributed by atoms with van der Waals surface area (Å²) < 4.78 is 11.9. The summed E-state index contributed by atoms with van der Waals surface area (Å²) in [6.45, 7) is 2.95. The van der Waals surface area contributed by atoms with Gasteiger partial charge in [-0.05, 0) is 24.6 Å². The summed E-state index contributed by atoms with van der Waals surface area (Å²) in [6.07, 6.45) is 0.966. The smallest absolute Gasteiger partial charge is 0.0454 e. The molecule has 1 aromatic carbocycles. The van der Waals surface area contributed by atoms with Gasteiger partial charge in [0.15, 0.2) is 0 Å². The highest BCUT2D eigenvalue weighted by Crippen LogP contribution is 2.25. The Hall–Kier alpha value is -0.380. The maximum atomic E-state index is 11.9. The van der Waals surface area contributed by atoms with Crippen molar-refractivity contribution >= 4 is 22.4 Å². The molecule has 1 aromatic rings. The van der Waals surface area contributed by atoms with E-state index in [0.717, 1.165) is 23.6 Å². The van der Waals surface area contributed by atoms with E-state index < -0.39 is 10.8 Å². The van der Waals surface area contributed by atoms with Gasteiger partial charge in [0.2, 0.25) is 0 Å². The minimum atomic E-state index is -0.762. The van der Waals surface area contributed by atoms with Gasteiger partial charge in [-0.1, -0.05) is 36.7 Å². The van der Waals surface area contributed by atoms with Crippen LogP contribution in [-0.2, 0) is 10.8 Å². The zero-order valence-electron chi connectivity index (χ0n) is 9.28. The Balaban J connectivity index is 2.21. The Morgan fingerprint density at radius 2 is 2.19 bits per heavy atom. The van der Waals surface area contributed by atoms with Gasteiger partial charge < -0.3 is 5.32 Å². The van der Waals surface area contributed by atoms with Gasteiger partial charge in [-0.3, -0.25) is 4.21 Å². The summed E-state index contributed by atoms with van der Waals surface area (Å²) in [5.74, 6) is 0.658. The van der Waals surface area contributed by atoms with Crippen LogP contribution in [0.2, 0.25) is 5.02 Å². The first-order chi connectivity index (χ1) is 7.68. The first-order valence-corrected chi connectivity index (χ1v) is 7.29. The summed E-state index contributed by atoms with van der Waals surface area (Å²) in [7, 11) is -0.762. The quantitative estimate of drug-likeness (QED) is 0.838. The molecule has 0 bridgehead atoms. The second-order valence-corrected chi connectivity index (χ2v) is 6.48. The topological polar surface area (TPSA) is 29.1 Å². The van der Waals surface area contributed by atoms with Crippen LogP contribution in [0.5, 0.6) is 0 Å². The molecular formula is C12H16ClNOS. The van der Waals surface area contributed by atoms with Gasteiger partial charge in [-0.15, -0.1) is 0 Å². The van der Waals surface area contributed by atoms with Gasteiger partial charge in [0.1, 0.15) is 0 Å². The van der Waals surface area contributed by atoms with E-state index in [1.165, 1.54) is 0 Å². The zero-order valence-corrected chi connectivity index (χ0v) is 10.9. The summed E-state index contributed by atoms with van der Waals surface area (Å²) >= 11 is 6.16. The monoisotopic (exact) mass is 257 g/mol. The lowest BCUT2D eigenvalue weighted by molar-refractivity contribution is 0.578. The molecule has 1 aliphatic rings. The predicted octanol–water partition coefficient (Wildman–Crippen LogP) is 2.51. The summed E-state index contributed by atoms with van der Waals surface area (Å²) in [5, 5.41) is 4.46.